The minimum atomic E-state index is -1.08. The van der Waals surface area contributed by atoms with Crippen LogP contribution in [0.1, 0.15) is 11.1 Å². The molecular weight excluding hydrogens is 199 g/mol. The summed E-state index contributed by atoms with van der Waals surface area (Å²) in [5.41, 5.74) is 1.04. The van der Waals surface area contributed by atoms with Crippen LogP contribution < -0.4 is 4.74 Å². The van der Waals surface area contributed by atoms with Crippen molar-refractivity contribution in [2.24, 2.45) is 0 Å². The van der Waals surface area contributed by atoms with Gasteiger partial charge in [0.25, 0.3) is 0 Å². The van der Waals surface area contributed by atoms with Crippen molar-refractivity contribution < 1.29 is 19.0 Å². The number of ether oxygens (including phenoxy) is 1. The van der Waals surface area contributed by atoms with Crippen molar-refractivity contribution >= 4 is 12.0 Å². The first-order valence-electron chi connectivity index (χ1n) is 4.29. The predicted octanol–water partition coefficient (Wildman–Crippen LogP) is 2.24. The number of rotatable bonds is 3. The number of aliphatic carboxylic acids is 1. The van der Waals surface area contributed by atoms with E-state index in [0.717, 1.165) is 6.08 Å². The fourth-order valence-electron chi connectivity index (χ4n) is 1.32. The van der Waals surface area contributed by atoms with Gasteiger partial charge in [0.2, 0.25) is 0 Å². The number of methoxy groups -OCH3 is 1. The van der Waals surface area contributed by atoms with Crippen molar-refractivity contribution in [2.75, 3.05) is 7.11 Å². The highest BCUT2D eigenvalue weighted by Crippen LogP contribution is 2.25. The molecule has 3 nitrogen and oxygen atoms in total. The number of halogens is 1. The van der Waals surface area contributed by atoms with Gasteiger partial charge in [0, 0.05) is 11.6 Å². The maximum atomic E-state index is 13.0. The Morgan fingerprint density at radius 1 is 1.53 bits per heavy atom. The molecule has 0 atom stereocenters. The Morgan fingerprint density at radius 2 is 2.20 bits per heavy atom. The quantitative estimate of drug-likeness (QED) is 0.778. The molecule has 80 valence electrons. The summed E-state index contributed by atoms with van der Waals surface area (Å²) in [6.07, 6.45) is 2.24. The SMILES string of the molecule is COc1c(C)cc(F)cc1/C=C\C(=O)O. The second-order valence-corrected chi connectivity index (χ2v) is 3.02. The fraction of sp³-hybridized carbons (Fsp3) is 0.182. The van der Waals surface area contributed by atoms with E-state index in [9.17, 15) is 9.18 Å². The molecule has 0 fully saturated rings. The third-order valence-electron chi connectivity index (χ3n) is 1.88. The van der Waals surface area contributed by atoms with Gasteiger partial charge in [-0.3, -0.25) is 0 Å². The van der Waals surface area contributed by atoms with Crippen LogP contribution in [0.5, 0.6) is 5.75 Å². The van der Waals surface area contributed by atoms with Gasteiger partial charge < -0.3 is 9.84 Å². The zero-order chi connectivity index (χ0) is 11.4. The van der Waals surface area contributed by atoms with E-state index in [-0.39, 0.29) is 0 Å². The molecule has 0 amide bonds. The summed E-state index contributed by atoms with van der Waals surface area (Å²) in [5.74, 6) is -1.02. The summed E-state index contributed by atoms with van der Waals surface area (Å²) in [4.78, 5) is 10.3. The Bertz CT molecular complexity index is 411. The molecule has 0 bridgehead atoms. The summed E-state index contributed by atoms with van der Waals surface area (Å²) >= 11 is 0. The molecule has 0 heterocycles. The van der Waals surface area contributed by atoms with Gasteiger partial charge in [-0.1, -0.05) is 0 Å². The molecule has 1 aromatic rings. The van der Waals surface area contributed by atoms with E-state index in [2.05, 4.69) is 0 Å². The molecular formula is C11H11FO3. The number of aryl methyl sites for hydroxylation is 1. The largest absolute Gasteiger partial charge is 0.496 e. The van der Waals surface area contributed by atoms with Gasteiger partial charge in [-0.05, 0) is 30.7 Å². The molecule has 1 N–H and O–H groups in total. The summed E-state index contributed by atoms with van der Waals surface area (Å²) in [6, 6.07) is 2.56. The number of carbonyl (C=O) groups is 1. The highest BCUT2D eigenvalue weighted by Gasteiger charge is 2.06. The lowest BCUT2D eigenvalue weighted by atomic mass is 10.1. The van der Waals surface area contributed by atoms with Crippen LogP contribution in [0.3, 0.4) is 0 Å². The maximum Gasteiger partial charge on any atom is 0.328 e. The van der Waals surface area contributed by atoms with Crippen LogP contribution in [0.4, 0.5) is 4.39 Å². The Labute approximate surface area is 86.8 Å². The molecule has 0 aliphatic heterocycles. The molecule has 0 saturated heterocycles. The van der Waals surface area contributed by atoms with E-state index < -0.39 is 11.8 Å². The van der Waals surface area contributed by atoms with Crippen molar-refractivity contribution in [3.05, 3.63) is 35.2 Å². The summed E-state index contributed by atoms with van der Waals surface area (Å²) < 4.78 is 18.1. The van der Waals surface area contributed by atoms with Gasteiger partial charge >= 0.3 is 5.97 Å². The number of carboxylic acid groups (broad SMARTS) is 1. The first kappa shape index (κ1) is 11.2. The average Bonchev–Trinajstić information content (AvgIpc) is 2.13. The average molecular weight is 210 g/mol. The molecule has 0 unspecified atom stereocenters. The van der Waals surface area contributed by atoms with Crippen molar-refractivity contribution in [3.63, 3.8) is 0 Å². The Morgan fingerprint density at radius 3 is 2.73 bits per heavy atom. The monoisotopic (exact) mass is 210 g/mol. The molecule has 0 aliphatic rings. The van der Waals surface area contributed by atoms with Crippen LogP contribution in [0.15, 0.2) is 18.2 Å². The number of hydrogen-bond acceptors (Lipinski definition) is 2. The summed E-state index contributed by atoms with van der Waals surface area (Å²) in [7, 11) is 1.46. The molecule has 15 heavy (non-hydrogen) atoms. The van der Waals surface area contributed by atoms with Crippen LogP contribution in [-0.2, 0) is 4.79 Å². The fourth-order valence-corrected chi connectivity index (χ4v) is 1.32. The van der Waals surface area contributed by atoms with Crippen molar-refractivity contribution in [1.82, 2.24) is 0 Å². The van der Waals surface area contributed by atoms with E-state index in [0.29, 0.717) is 16.9 Å². The lowest BCUT2D eigenvalue weighted by Crippen LogP contribution is -1.93. The minimum absolute atomic E-state index is 0.414. The maximum absolute atomic E-state index is 13.0. The predicted molar refractivity (Wildman–Crippen MR) is 54.4 cm³/mol. The number of carboxylic acids is 1. The van der Waals surface area contributed by atoms with E-state index in [1.54, 1.807) is 6.92 Å². The minimum Gasteiger partial charge on any atom is -0.496 e. The molecule has 0 saturated carbocycles. The standard InChI is InChI=1S/C11H11FO3/c1-7-5-9(12)6-8(11(7)15-2)3-4-10(13)14/h3-6H,1-2H3,(H,13,14)/b4-3-. The second kappa shape index (κ2) is 4.59. The second-order valence-electron chi connectivity index (χ2n) is 3.02. The van der Waals surface area contributed by atoms with Crippen LogP contribution in [0, 0.1) is 12.7 Å². The zero-order valence-electron chi connectivity index (χ0n) is 8.45. The number of hydrogen-bond donors (Lipinski definition) is 1. The Hall–Kier alpha value is -1.84. The first-order valence-corrected chi connectivity index (χ1v) is 4.29. The lowest BCUT2D eigenvalue weighted by molar-refractivity contribution is -0.131. The van der Waals surface area contributed by atoms with Crippen molar-refractivity contribution in [2.45, 2.75) is 6.92 Å². The molecule has 0 aromatic heterocycles. The topological polar surface area (TPSA) is 46.5 Å². The van der Waals surface area contributed by atoms with Crippen LogP contribution in [-0.4, -0.2) is 18.2 Å². The van der Waals surface area contributed by atoms with Crippen LogP contribution >= 0.6 is 0 Å². The Kier molecular flexibility index (Phi) is 3.44. The smallest absolute Gasteiger partial charge is 0.328 e. The van der Waals surface area contributed by atoms with E-state index in [4.69, 9.17) is 9.84 Å². The van der Waals surface area contributed by atoms with E-state index in [1.165, 1.54) is 25.3 Å². The molecule has 0 aliphatic carbocycles. The molecule has 1 aromatic carbocycles. The van der Waals surface area contributed by atoms with Crippen molar-refractivity contribution in [1.29, 1.82) is 0 Å². The third kappa shape index (κ3) is 2.80. The third-order valence-corrected chi connectivity index (χ3v) is 1.88. The van der Waals surface area contributed by atoms with Gasteiger partial charge in [0.1, 0.15) is 11.6 Å². The highest BCUT2D eigenvalue weighted by atomic mass is 19.1. The first-order chi connectivity index (χ1) is 7.04. The van der Waals surface area contributed by atoms with Gasteiger partial charge in [0.05, 0.1) is 7.11 Å². The molecule has 1 rings (SSSR count). The van der Waals surface area contributed by atoms with Gasteiger partial charge in [-0.15, -0.1) is 0 Å². The van der Waals surface area contributed by atoms with Gasteiger partial charge in [-0.2, -0.15) is 0 Å². The molecule has 4 heteroatoms. The highest BCUT2D eigenvalue weighted by molar-refractivity contribution is 5.86. The van der Waals surface area contributed by atoms with Crippen LogP contribution in [0.2, 0.25) is 0 Å². The van der Waals surface area contributed by atoms with Gasteiger partial charge in [-0.25, -0.2) is 9.18 Å². The normalized spacial score (nSPS) is 10.6. The molecule has 0 radical (unpaired) electrons. The number of benzene rings is 1. The zero-order valence-corrected chi connectivity index (χ0v) is 8.45. The lowest BCUT2D eigenvalue weighted by Gasteiger charge is -2.08. The van der Waals surface area contributed by atoms with Gasteiger partial charge in [0.15, 0.2) is 0 Å². The summed E-state index contributed by atoms with van der Waals surface area (Å²) in [6.45, 7) is 1.69. The van der Waals surface area contributed by atoms with E-state index in [1.807, 2.05) is 0 Å². The summed E-state index contributed by atoms with van der Waals surface area (Å²) in [5, 5.41) is 8.46. The van der Waals surface area contributed by atoms with Crippen molar-refractivity contribution in [3.8, 4) is 5.75 Å². The van der Waals surface area contributed by atoms with Crippen LogP contribution in [0.25, 0.3) is 6.08 Å². The van der Waals surface area contributed by atoms with E-state index >= 15 is 0 Å². The Balaban J connectivity index is 3.20. The molecule has 0 spiro atoms.